The zero-order chi connectivity index (χ0) is 21.6. The Labute approximate surface area is 188 Å². The molecule has 162 valence electrons. The van der Waals surface area contributed by atoms with Crippen molar-refractivity contribution in [2.45, 2.75) is 39.4 Å². The molecule has 1 heterocycles. The third kappa shape index (κ3) is 7.03. The van der Waals surface area contributed by atoms with Gasteiger partial charge in [0.1, 0.15) is 18.0 Å². The van der Waals surface area contributed by atoms with E-state index in [1.54, 1.807) is 4.90 Å². The second kappa shape index (κ2) is 10.3. The van der Waals surface area contributed by atoms with E-state index in [0.29, 0.717) is 19.7 Å². The summed E-state index contributed by atoms with van der Waals surface area (Å²) in [7, 11) is 0. The van der Waals surface area contributed by atoms with Gasteiger partial charge in [-0.1, -0.05) is 36.4 Å². The summed E-state index contributed by atoms with van der Waals surface area (Å²) in [6, 6.07) is 16.5. The van der Waals surface area contributed by atoms with Crippen LogP contribution in [0.15, 0.2) is 53.0 Å². The second-order valence-electron chi connectivity index (χ2n) is 8.60. The normalized spacial score (nSPS) is 15.1. The number of ether oxygens (including phenoxy) is 2. The molecule has 1 fully saturated rings. The van der Waals surface area contributed by atoms with Gasteiger partial charge in [0.05, 0.1) is 4.47 Å². The van der Waals surface area contributed by atoms with Gasteiger partial charge in [0, 0.05) is 32.7 Å². The molecule has 30 heavy (non-hydrogen) atoms. The molecule has 0 saturated carbocycles. The van der Waals surface area contributed by atoms with Crippen LogP contribution in [0, 0.1) is 0 Å². The maximum Gasteiger partial charge on any atom is 0.410 e. The van der Waals surface area contributed by atoms with E-state index >= 15 is 0 Å². The quantitative estimate of drug-likeness (QED) is 0.582. The zero-order valence-electron chi connectivity index (χ0n) is 18.1. The van der Waals surface area contributed by atoms with E-state index < -0.39 is 5.60 Å². The fourth-order valence-electron chi connectivity index (χ4n) is 3.32. The molecule has 3 rings (SSSR count). The summed E-state index contributed by atoms with van der Waals surface area (Å²) in [6.45, 7) is 10.4. The summed E-state index contributed by atoms with van der Waals surface area (Å²) in [5, 5.41) is 0. The Morgan fingerprint density at radius 2 is 1.70 bits per heavy atom. The first-order valence-electron chi connectivity index (χ1n) is 10.5. The van der Waals surface area contributed by atoms with Crippen LogP contribution in [0.25, 0.3) is 0 Å². The highest BCUT2D eigenvalue weighted by Crippen LogP contribution is 2.27. The minimum Gasteiger partial charge on any atom is -0.488 e. The first kappa shape index (κ1) is 22.6. The molecule has 0 spiro atoms. The van der Waals surface area contributed by atoms with Crippen LogP contribution in [-0.4, -0.2) is 54.2 Å². The summed E-state index contributed by atoms with van der Waals surface area (Å²) >= 11 is 3.64. The van der Waals surface area contributed by atoms with Crippen LogP contribution < -0.4 is 4.74 Å². The molecule has 2 aromatic rings. The van der Waals surface area contributed by atoms with Crippen LogP contribution in [0.2, 0.25) is 0 Å². The van der Waals surface area contributed by atoms with E-state index in [1.807, 2.05) is 45.0 Å². The first-order chi connectivity index (χ1) is 14.3. The van der Waals surface area contributed by atoms with Crippen molar-refractivity contribution in [3.8, 4) is 5.75 Å². The highest BCUT2D eigenvalue weighted by molar-refractivity contribution is 9.10. The Balaban J connectivity index is 1.43. The molecule has 0 unspecified atom stereocenters. The summed E-state index contributed by atoms with van der Waals surface area (Å²) in [5.41, 5.74) is 1.97. The summed E-state index contributed by atoms with van der Waals surface area (Å²) < 4.78 is 12.4. The lowest BCUT2D eigenvalue weighted by Gasteiger charge is -2.35. The molecule has 1 amide bonds. The van der Waals surface area contributed by atoms with Crippen molar-refractivity contribution in [3.63, 3.8) is 0 Å². The van der Waals surface area contributed by atoms with Crippen LogP contribution in [0.3, 0.4) is 0 Å². The van der Waals surface area contributed by atoms with Gasteiger partial charge in [0.2, 0.25) is 0 Å². The van der Waals surface area contributed by atoms with Gasteiger partial charge < -0.3 is 14.4 Å². The SMILES string of the molecule is CC(C)(C)OC(=O)N1CCN(CCc2ccc(OCc3ccccc3)c(Br)c2)CC1. The number of piperazine rings is 1. The van der Waals surface area contributed by atoms with Gasteiger partial charge in [0.15, 0.2) is 0 Å². The molecule has 1 aliphatic heterocycles. The van der Waals surface area contributed by atoms with Crippen molar-refractivity contribution in [3.05, 3.63) is 64.1 Å². The number of carbonyl (C=O) groups excluding carboxylic acids is 1. The highest BCUT2D eigenvalue weighted by Gasteiger charge is 2.25. The molecule has 2 aromatic carbocycles. The third-order valence-electron chi connectivity index (χ3n) is 4.97. The van der Waals surface area contributed by atoms with Gasteiger partial charge >= 0.3 is 6.09 Å². The molecular formula is C24H31BrN2O3. The number of hydrogen-bond donors (Lipinski definition) is 0. The van der Waals surface area contributed by atoms with Crippen molar-refractivity contribution in [1.29, 1.82) is 0 Å². The van der Waals surface area contributed by atoms with Crippen LogP contribution in [0.4, 0.5) is 4.79 Å². The van der Waals surface area contributed by atoms with Crippen LogP contribution >= 0.6 is 15.9 Å². The van der Waals surface area contributed by atoms with E-state index in [-0.39, 0.29) is 6.09 Å². The lowest BCUT2D eigenvalue weighted by molar-refractivity contribution is 0.0146. The van der Waals surface area contributed by atoms with Gasteiger partial charge in [-0.15, -0.1) is 0 Å². The van der Waals surface area contributed by atoms with Crippen molar-refractivity contribution in [2.24, 2.45) is 0 Å². The zero-order valence-corrected chi connectivity index (χ0v) is 19.7. The Morgan fingerprint density at radius 1 is 1.00 bits per heavy atom. The summed E-state index contributed by atoms with van der Waals surface area (Å²) in [4.78, 5) is 16.4. The third-order valence-corrected chi connectivity index (χ3v) is 5.59. The van der Waals surface area contributed by atoms with E-state index in [4.69, 9.17) is 9.47 Å². The van der Waals surface area contributed by atoms with Gasteiger partial charge in [-0.2, -0.15) is 0 Å². The molecule has 0 radical (unpaired) electrons. The molecule has 1 aliphatic rings. The molecule has 1 saturated heterocycles. The minimum atomic E-state index is -0.446. The topological polar surface area (TPSA) is 42.0 Å². The van der Waals surface area contributed by atoms with Crippen LogP contribution in [-0.2, 0) is 17.8 Å². The number of hydrogen-bond acceptors (Lipinski definition) is 4. The molecule has 0 bridgehead atoms. The minimum absolute atomic E-state index is 0.211. The van der Waals surface area contributed by atoms with E-state index in [2.05, 4.69) is 45.1 Å². The van der Waals surface area contributed by atoms with E-state index in [9.17, 15) is 4.79 Å². The average Bonchev–Trinajstić information content (AvgIpc) is 2.71. The number of carbonyl (C=O) groups is 1. The number of halogens is 1. The smallest absolute Gasteiger partial charge is 0.410 e. The van der Waals surface area contributed by atoms with Gasteiger partial charge in [-0.3, -0.25) is 4.90 Å². The standard InChI is InChI=1S/C24H31BrN2O3/c1-24(2,3)30-23(28)27-15-13-26(14-16-27)12-11-19-9-10-22(21(25)17-19)29-18-20-7-5-4-6-8-20/h4-10,17H,11-16,18H2,1-3H3. The molecular weight excluding hydrogens is 444 g/mol. The first-order valence-corrected chi connectivity index (χ1v) is 11.2. The molecule has 6 heteroatoms. The van der Waals surface area contributed by atoms with Crippen molar-refractivity contribution in [2.75, 3.05) is 32.7 Å². The highest BCUT2D eigenvalue weighted by atomic mass is 79.9. The van der Waals surface area contributed by atoms with E-state index in [0.717, 1.165) is 41.8 Å². The van der Waals surface area contributed by atoms with E-state index in [1.165, 1.54) is 5.56 Å². The maximum atomic E-state index is 12.2. The van der Waals surface area contributed by atoms with Crippen molar-refractivity contribution in [1.82, 2.24) is 9.80 Å². The molecule has 0 aromatic heterocycles. The number of nitrogens with zero attached hydrogens (tertiary/aromatic N) is 2. The predicted octanol–water partition coefficient (Wildman–Crippen LogP) is 5.12. The fraction of sp³-hybridized carbons (Fsp3) is 0.458. The lowest BCUT2D eigenvalue weighted by atomic mass is 10.1. The van der Waals surface area contributed by atoms with Gasteiger partial charge in [-0.05, 0) is 66.4 Å². The average molecular weight is 475 g/mol. The Morgan fingerprint density at radius 3 is 2.33 bits per heavy atom. The molecule has 5 nitrogen and oxygen atoms in total. The predicted molar refractivity (Wildman–Crippen MR) is 123 cm³/mol. The van der Waals surface area contributed by atoms with Gasteiger partial charge in [-0.25, -0.2) is 4.79 Å². The number of amides is 1. The molecule has 0 N–H and O–H groups in total. The second-order valence-corrected chi connectivity index (χ2v) is 9.45. The molecule has 0 atom stereocenters. The maximum absolute atomic E-state index is 12.2. The van der Waals surface area contributed by atoms with Gasteiger partial charge in [0.25, 0.3) is 0 Å². The Bertz CT molecular complexity index is 828. The molecule has 0 aliphatic carbocycles. The summed E-state index contributed by atoms with van der Waals surface area (Å²) in [6.07, 6.45) is 0.751. The summed E-state index contributed by atoms with van der Waals surface area (Å²) in [5.74, 6) is 0.855. The number of rotatable bonds is 6. The van der Waals surface area contributed by atoms with Crippen molar-refractivity contribution < 1.29 is 14.3 Å². The fourth-order valence-corrected chi connectivity index (χ4v) is 3.86. The van der Waals surface area contributed by atoms with Crippen LogP contribution in [0.1, 0.15) is 31.9 Å². The lowest BCUT2D eigenvalue weighted by Crippen LogP contribution is -2.50. The monoisotopic (exact) mass is 474 g/mol. The Kier molecular flexibility index (Phi) is 7.78. The van der Waals surface area contributed by atoms with Crippen LogP contribution in [0.5, 0.6) is 5.75 Å². The Hall–Kier alpha value is -2.05. The van der Waals surface area contributed by atoms with Crippen molar-refractivity contribution >= 4 is 22.0 Å². The number of benzene rings is 2. The largest absolute Gasteiger partial charge is 0.488 e.